The van der Waals surface area contributed by atoms with E-state index in [1.807, 2.05) is 0 Å². The number of benzene rings is 1. The number of rotatable bonds is 3. The third kappa shape index (κ3) is 2.37. The molecule has 1 rings (SSSR count). The summed E-state index contributed by atoms with van der Waals surface area (Å²) in [7, 11) is 0. The molecule has 0 spiro atoms. The Kier molecular flexibility index (Phi) is 2.93. The van der Waals surface area contributed by atoms with Gasteiger partial charge in [-0.15, -0.1) is 0 Å². The number of phenols is 2. The molecule has 0 aliphatic rings. The van der Waals surface area contributed by atoms with E-state index in [1.54, 1.807) is 0 Å². The summed E-state index contributed by atoms with van der Waals surface area (Å²) < 4.78 is 0. The molecule has 0 saturated carbocycles. The fraction of sp³-hybridized carbons (Fsp3) is 0.222. The van der Waals surface area contributed by atoms with Gasteiger partial charge in [-0.25, -0.2) is 0 Å². The Labute approximate surface area is 80.4 Å². The molecule has 5 heteroatoms. The molecule has 5 N–H and O–H groups in total. The molecule has 5 nitrogen and oxygen atoms in total. The highest BCUT2D eigenvalue weighted by molar-refractivity contribution is 5.68. The molecule has 1 unspecified atom stereocenters. The van der Waals surface area contributed by atoms with Crippen LogP contribution in [-0.2, 0) is 4.79 Å². The van der Waals surface area contributed by atoms with Gasteiger partial charge >= 0.3 is 5.97 Å². The van der Waals surface area contributed by atoms with Crippen molar-refractivity contribution in [2.45, 2.75) is 12.5 Å². The third-order valence-electron chi connectivity index (χ3n) is 1.81. The van der Waals surface area contributed by atoms with Crippen molar-refractivity contribution >= 4 is 5.97 Å². The van der Waals surface area contributed by atoms with Crippen LogP contribution in [0.3, 0.4) is 0 Å². The number of hydrogen-bond acceptors (Lipinski definition) is 4. The molecule has 1 aromatic carbocycles. The molecule has 0 bridgehead atoms. The molecule has 76 valence electrons. The Morgan fingerprint density at radius 1 is 1.43 bits per heavy atom. The maximum Gasteiger partial charge on any atom is 0.305 e. The summed E-state index contributed by atoms with van der Waals surface area (Å²) in [5, 5.41) is 26.8. The monoisotopic (exact) mass is 197 g/mol. The number of aliphatic carboxylic acids is 1. The van der Waals surface area contributed by atoms with Crippen molar-refractivity contribution in [1.29, 1.82) is 0 Å². The molecule has 0 aromatic heterocycles. The average Bonchev–Trinajstić information content (AvgIpc) is 2.01. The first-order valence-corrected chi connectivity index (χ1v) is 4.00. The number of nitrogens with two attached hydrogens (primary N) is 1. The second-order valence-corrected chi connectivity index (χ2v) is 2.95. The molecular weight excluding hydrogens is 186 g/mol. The number of carboxylic acid groups (broad SMARTS) is 1. The predicted octanol–water partition coefficient (Wildman–Crippen LogP) is 0.572. The van der Waals surface area contributed by atoms with E-state index >= 15 is 0 Å². The van der Waals surface area contributed by atoms with Gasteiger partial charge in [0.05, 0.1) is 6.42 Å². The van der Waals surface area contributed by atoms with Crippen molar-refractivity contribution < 1.29 is 20.1 Å². The zero-order valence-corrected chi connectivity index (χ0v) is 7.34. The average molecular weight is 197 g/mol. The summed E-state index contributed by atoms with van der Waals surface area (Å²) >= 11 is 0. The topological polar surface area (TPSA) is 104 Å². The summed E-state index contributed by atoms with van der Waals surface area (Å²) in [6.07, 6.45) is -0.266. The molecule has 14 heavy (non-hydrogen) atoms. The van der Waals surface area contributed by atoms with E-state index in [4.69, 9.17) is 15.9 Å². The van der Waals surface area contributed by atoms with Crippen LogP contribution in [0.1, 0.15) is 18.0 Å². The van der Waals surface area contributed by atoms with Crippen LogP contribution in [0.25, 0.3) is 0 Å². The van der Waals surface area contributed by atoms with E-state index in [-0.39, 0.29) is 17.9 Å². The molecule has 0 heterocycles. The zero-order chi connectivity index (χ0) is 10.7. The molecule has 0 radical (unpaired) electrons. The van der Waals surface area contributed by atoms with Crippen LogP contribution in [0.5, 0.6) is 11.5 Å². The SMILES string of the molecule is NC(CC(=O)O)c1ccc(O)cc1O. The van der Waals surface area contributed by atoms with Crippen LogP contribution in [0, 0.1) is 0 Å². The van der Waals surface area contributed by atoms with E-state index in [9.17, 15) is 9.90 Å². The fourth-order valence-corrected chi connectivity index (χ4v) is 1.14. The Morgan fingerprint density at radius 3 is 2.57 bits per heavy atom. The van der Waals surface area contributed by atoms with E-state index in [2.05, 4.69) is 0 Å². The summed E-state index contributed by atoms with van der Waals surface area (Å²) in [5.74, 6) is -1.32. The van der Waals surface area contributed by atoms with Gasteiger partial charge in [0.2, 0.25) is 0 Å². The number of aromatic hydroxyl groups is 2. The summed E-state index contributed by atoms with van der Waals surface area (Å²) in [6, 6.07) is 3.10. The summed E-state index contributed by atoms with van der Waals surface area (Å²) in [5.41, 5.74) is 5.83. The van der Waals surface area contributed by atoms with Crippen LogP contribution >= 0.6 is 0 Å². The van der Waals surface area contributed by atoms with Gasteiger partial charge in [0.15, 0.2) is 0 Å². The van der Waals surface area contributed by atoms with Crippen LogP contribution in [0.4, 0.5) is 0 Å². The van der Waals surface area contributed by atoms with Gasteiger partial charge in [0.1, 0.15) is 11.5 Å². The van der Waals surface area contributed by atoms with Crippen LogP contribution in [-0.4, -0.2) is 21.3 Å². The van der Waals surface area contributed by atoms with Crippen LogP contribution in [0.2, 0.25) is 0 Å². The summed E-state index contributed by atoms with van der Waals surface area (Å²) in [6.45, 7) is 0. The Morgan fingerprint density at radius 2 is 2.07 bits per heavy atom. The minimum Gasteiger partial charge on any atom is -0.508 e. The van der Waals surface area contributed by atoms with Crippen molar-refractivity contribution in [2.75, 3.05) is 0 Å². The molecular formula is C9H11NO4. The lowest BCUT2D eigenvalue weighted by atomic mass is 10.0. The molecule has 0 amide bonds. The first kappa shape index (κ1) is 10.3. The van der Waals surface area contributed by atoms with Crippen molar-refractivity contribution in [3.05, 3.63) is 23.8 Å². The van der Waals surface area contributed by atoms with Crippen LogP contribution < -0.4 is 5.73 Å². The first-order chi connectivity index (χ1) is 6.50. The Hall–Kier alpha value is -1.75. The van der Waals surface area contributed by atoms with E-state index in [0.717, 1.165) is 6.07 Å². The number of carbonyl (C=O) groups is 1. The Balaban J connectivity index is 2.90. The molecule has 1 atom stereocenters. The molecule has 0 aliphatic carbocycles. The second kappa shape index (κ2) is 3.97. The minimum absolute atomic E-state index is 0.0891. The second-order valence-electron chi connectivity index (χ2n) is 2.95. The van der Waals surface area contributed by atoms with Gasteiger partial charge in [0, 0.05) is 17.7 Å². The van der Waals surface area contributed by atoms with Gasteiger partial charge in [-0.2, -0.15) is 0 Å². The van der Waals surface area contributed by atoms with E-state index < -0.39 is 12.0 Å². The van der Waals surface area contributed by atoms with Crippen molar-refractivity contribution in [3.8, 4) is 11.5 Å². The third-order valence-corrected chi connectivity index (χ3v) is 1.81. The largest absolute Gasteiger partial charge is 0.508 e. The smallest absolute Gasteiger partial charge is 0.305 e. The van der Waals surface area contributed by atoms with Gasteiger partial charge in [-0.05, 0) is 6.07 Å². The minimum atomic E-state index is -1.04. The molecule has 0 fully saturated rings. The summed E-state index contributed by atoms with van der Waals surface area (Å²) in [4.78, 5) is 10.4. The first-order valence-electron chi connectivity index (χ1n) is 4.00. The lowest BCUT2D eigenvalue weighted by Gasteiger charge is -2.11. The van der Waals surface area contributed by atoms with E-state index in [0.29, 0.717) is 5.56 Å². The van der Waals surface area contributed by atoms with Gasteiger partial charge in [-0.3, -0.25) is 4.79 Å². The number of phenolic OH excluding ortho intramolecular Hbond substituents is 2. The maximum absolute atomic E-state index is 10.4. The van der Waals surface area contributed by atoms with Crippen molar-refractivity contribution in [2.24, 2.45) is 5.73 Å². The van der Waals surface area contributed by atoms with Crippen LogP contribution in [0.15, 0.2) is 18.2 Å². The van der Waals surface area contributed by atoms with E-state index in [1.165, 1.54) is 12.1 Å². The normalized spacial score (nSPS) is 12.4. The zero-order valence-electron chi connectivity index (χ0n) is 7.34. The van der Waals surface area contributed by atoms with Gasteiger partial charge in [-0.1, -0.05) is 6.07 Å². The number of carboxylic acids is 1. The van der Waals surface area contributed by atoms with Gasteiger partial charge < -0.3 is 21.1 Å². The molecule has 0 saturated heterocycles. The Bertz CT molecular complexity index is 351. The molecule has 0 aliphatic heterocycles. The quantitative estimate of drug-likeness (QED) is 0.567. The maximum atomic E-state index is 10.4. The van der Waals surface area contributed by atoms with Gasteiger partial charge in [0.25, 0.3) is 0 Å². The highest BCUT2D eigenvalue weighted by atomic mass is 16.4. The lowest BCUT2D eigenvalue weighted by Crippen LogP contribution is -2.14. The van der Waals surface area contributed by atoms with Crippen molar-refractivity contribution in [3.63, 3.8) is 0 Å². The highest BCUT2D eigenvalue weighted by Crippen LogP contribution is 2.28. The standard InChI is InChI=1S/C9H11NO4/c10-7(4-9(13)14)6-2-1-5(11)3-8(6)12/h1-3,7,11-12H,4,10H2,(H,13,14). The fourth-order valence-electron chi connectivity index (χ4n) is 1.14. The predicted molar refractivity (Wildman–Crippen MR) is 49.0 cm³/mol. The van der Waals surface area contributed by atoms with Crippen molar-refractivity contribution in [1.82, 2.24) is 0 Å². The highest BCUT2D eigenvalue weighted by Gasteiger charge is 2.14. The lowest BCUT2D eigenvalue weighted by molar-refractivity contribution is -0.137. The molecule has 1 aromatic rings. The number of hydrogen-bond donors (Lipinski definition) is 4.